The molecule has 0 atom stereocenters. The summed E-state index contributed by atoms with van der Waals surface area (Å²) in [6.45, 7) is 4.13. The van der Waals surface area contributed by atoms with E-state index in [9.17, 15) is 9.18 Å². The van der Waals surface area contributed by atoms with E-state index in [0.29, 0.717) is 6.54 Å². The number of nitrogens with zero attached hydrogens (tertiary/aromatic N) is 2. The summed E-state index contributed by atoms with van der Waals surface area (Å²) < 4.78 is 15.0. The first-order chi connectivity index (χ1) is 12.6. The number of hydrogen-bond donors (Lipinski definition) is 2. The van der Waals surface area contributed by atoms with E-state index in [1.54, 1.807) is 35.9 Å². The molecule has 1 heterocycles. The number of aryl methyl sites for hydroxylation is 1. The van der Waals surface area contributed by atoms with Gasteiger partial charge in [0.25, 0.3) is 5.56 Å². The van der Waals surface area contributed by atoms with E-state index in [-0.39, 0.29) is 11.4 Å². The van der Waals surface area contributed by atoms with Crippen molar-refractivity contribution < 1.29 is 4.39 Å². The first-order valence-corrected chi connectivity index (χ1v) is 8.95. The zero-order chi connectivity index (χ0) is 18.8. The number of nitrogens with one attached hydrogen (secondary N) is 2. The quantitative estimate of drug-likeness (QED) is 0.433. The monoisotopic (exact) mass is 358 g/mol. The van der Waals surface area contributed by atoms with Crippen molar-refractivity contribution >= 4 is 5.96 Å². The lowest BCUT2D eigenvalue weighted by molar-refractivity contribution is 0.575. The molecule has 0 fully saturated rings. The van der Waals surface area contributed by atoms with Crippen LogP contribution < -0.4 is 16.2 Å². The highest BCUT2D eigenvalue weighted by molar-refractivity contribution is 5.79. The molecule has 140 valence electrons. The maximum absolute atomic E-state index is 13.2. The fourth-order valence-electron chi connectivity index (χ4n) is 2.75. The van der Waals surface area contributed by atoms with E-state index < -0.39 is 0 Å². The van der Waals surface area contributed by atoms with Crippen molar-refractivity contribution in [1.82, 2.24) is 15.2 Å². The van der Waals surface area contributed by atoms with Crippen LogP contribution in [0.15, 0.2) is 52.3 Å². The number of aliphatic imine (C=N–C) groups is 1. The second-order valence-electron chi connectivity index (χ2n) is 6.17. The van der Waals surface area contributed by atoms with Crippen molar-refractivity contribution in [2.24, 2.45) is 4.99 Å². The van der Waals surface area contributed by atoms with Gasteiger partial charge in [0.1, 0.15) is 5.82 Å². The predicted molar refractivity (Wildman–Crippen MR) is 104 cm³/mol. The van der Waals surface area contributed by atoms with Crippen LogP contribution in [-0.4, -0.2) is 30.7 Å². The minimum atomic E-state index is -0.210. The van der Waals surface area contributed by atoms with E-state index in [0.717, 1.165) is 49.6 Å². The number of halogens is 1. The molecule has 2 N–H and O–H groups in total. The first-order valence-electron chi connectivity index (χ1n) is 8.95. The maximum atomic E-state index is 13.2. The molecule has 5 nitrogen and oxygen atoms in total. The van der Waals surface area contributed by atoms with Crippen LogP contribution in [0, 0.1) is 12.7 Å². The summed E-state index contributed by atoms with van der Waals surface area (Å²) in [4.78, 5) is 16.0. The van der Waals surface area contributed by atoms with Crippen LogP contribution in [0.2, 0.25) is 0 Å². The van der Waals surface area contributed by atoms with Gasteiger partial charge in [-0.05, 0) is 49.9 Å². The lowest BCUT2D eigenvalue weighted by Crippen LogP contribution is -2.38. The Labute approximate surface area is 154 Å². The van der Waals surface area contributed by atoms with Gasteiger partial charge in [-0.3, -0.25) is 9.79 Å². The summed E-state index contributed by atoms with van der Waals surface area (Å²) in [5.74, 6) is 0.521. The van der Waals surface area contributed by atoms with Gasteiger partial charge < -0.3 is 15.2 Å². The fourth-order valence-corrected chi connectivity index (χ4v) is 2.75. The van der Waals surface area contributed by atoms with Gasteiger partial charge >= 0.3 is 0 Å². The van der Waals surface area contributed by atoms with Crippen LogP contribution >= 0.6 is 0 Å². The molecule has 0 unspecified atom stereocenters. The second-order valence-corrected chi connectivity index (χ2v) is 6.17. The Morgan fingerprint density at radius 1 is 1.12 bits per heavy atom. The highest BCUT2D eigenvalue weighted by Crippen LogP contribution is 2.03. The van der Waals surface area contributed by atoms with Gasteiger partial charge in [0, 0.05) is 38.4 Å². The molecule has 26 heavy (non-hydrogen) atoms. The van der Waals surface area contributed by atoms with Crippen molar-refractivity contribution in [3.8, 4) is 0 Å². The Morgan fingerprint density at radius 3 is 2.62 bits per heavy atom. The molecule has 0 bridgehead atoms. The Kier molecular flexibility index (Phi) is 7.86. The molecular formula is C20H27FN4O. The number of aromatic nitrogens is 1. The average molecular weight is 358 g/mol. The summed E-state index contributed by atoms with van der Waals surface area (Å²) in [7, 11) is 1.73. The molecule has 1 aromatic carbocycles. The molecule has 0 aliphatic carbocycles. The smallest absolute Gasteiger partial charge is 0.250 e. The number of unbranched alkanes of at least 4 members (excludes halogenated alkanes) is 1. The Bertz CT molecular complexity index is 785. The topological polar surface area (TPSA) is 58.4 Å². The van der Waals surface area contributed by atoms with E-state index in [1.807, 2.05) is 19.1 Å². The van der Waals surface area contributed by atoms with Crippen molar-refractivity contribution in [3.05, 3.63) is 69.9 Å². The van der Waals surface area contributed by atoms with Gasteiger partial charge in [0.05, 0.1) is 0 Å². The Hall–Kier alpha value is -2.63. The van der Waals surface area contributed by atoms with Crippen LogP contribution in [0.1, 0.15) is 24.1 Å². The van der Waals surface area contributed by atoms with Crippen LogP contribution in [0.5, 0.6) is 0 Å². The molecule has 2 rings (SSSR count). The fraction of sp³-hybridized carbons (Fsp3) is 0.400. The van der Waals surface area contributed by atoms with Crippen LogP contribution in [0.25, 0.3) is 0 Å². The molecule has 0 spiro atoms. The molecular weight excluding hydrogens is 331 g/mol. The summed E-state index contributed by atoms with van der Waals surface area (Å²) in [6.07, 6.45) is 2.58. The molecule has 0 radical (unpaired) electrons. The number of rotatable bonds is 8. The normalized spacial score (nSPS) is 11.4. The highest BCUT2D eigenvalue weighted by atomic mass is 19.1. The Morgan fingerprint density at radius 2 is 1.88 bits per heavy atom. The van der Waals surface area contributed by atoms with Gasteiger partial charge in [-0.1, -0.05) is 18.2 Å². The number of guanidine groups is 1. The molecule has 0 saturated heterocycles. The van der Waals surface area contributed by atoms with E-state index >= 15 is 0 Å². The van der Waals surface area contributed by atoms with E-state index in [2.05, 4.69) is 15.6 Å². The molecule has 0 amide bonds. The minimum Gasteiger partial charge on any atom is -0.356 e. The molecule has 2 aromatic rings. The lowest BCUT2D eigenvalue weighted by atomic mass is 10.1. The van der Waals surface area contributed by atoms with E-state index in [4.69, 9.17) is 0 Å². The van der Waals surface area contributed by atoms with E-state index in [1.165, 1.54) is 6.07 Å². The number of pyridine rings is 1. The van der Waals surface area contributed by atoms with Crippen LogP contribution in [0.4, 0.5) is 4.39 Å². The van der Waals surface area contributed by atoms with Crippen molar-refractivity contribution in [2.75, 3.05) is 20.1 Å². The maximum Gasteiger partial charge on any atom is 0.250 e. The zero-order valence-corrected chi connectivity index (χ0v) is 15.5. The highest BCUT2D eigenvalue weighted by Gasteiger charge is 2.01. The van der Waals surface area contributed by atoms with Gasteiger partial charge in [-0.2, -0.15) is 0 Å². The predicted octanol–water partition coefficient (Wildman–Crippen LogP) is 2.48. The molecule has 0 saturated carbocycles. The van der Waals surface area contributed by atoms with Gasteiger partial charge in [0.2, 0.25) is 0 Å². The summed E-state index contributed by atoms with van der Waals surface area (Å²) in [6, 6.07) is 12.0. The summed E-state index contributed by atoms with van der Waals surface area (Å²) >= 11 is 0. The number of hydrogen-bond acceptors (Lipinski definition) is 2. The van der Waals surface area contributed by atoms with Gasteiger partial charge in [-0.15, -0.1) is 0 Å². The molecule has 1 aromatic heterocycles. The van der Waals surface area contributed by atoms with Crippen molar-refractivity contribution in [3.63, 3.8) is 0 Å². The molecule has 0 aliphatic heterocycles. The molecule has 6 heteroatoms. The van der Waals surface area contributed by atoms with Gasteiger partial charge in [0.15, 0.2) is 5.96 Å². The lowest BCUT2D eigenvalue weighted by Gasteiger charge is -2.13. The largest absolute Gasteiger partial charge is 0.356 e. The standard InChI is InChI=1S/C20H27FN4O/c1-16-7-5-10-19(26)25(16)14-4-3-12-23-20(22-2)24-13-11-17-8-6-9-18(21)15-17/h5-10,15H,3-4,11-14H2,1-2H3,(H2,22,23,24). The second kappa shape index (κ2) is 10.4. The third-order valence-corrected chi connectivity index (χ3v) is 4.19. The first kappa shape index (κ1) is 19.7. The Balaban J connectivity index is 1.65. The average Bonchev–Trinajstić information content (AvgIpc) is 2.62. The van der Waals surface area contributed by atoms with Gasteiger partial charge in [-0.25, -0.2) is 4.39 Å². The molecule has 0 aliphatic rings. The third-order valence-electron chi connectivity index (χ3n) is 4.19. The van der Waals surface area contributed by atoms with Crippen molar-refractivity contribution in [1.29, 1.82) is 0 Å². The zero-order valence-electron chi connectivity index (χ0n) is 15.5. The third kappa shape index (κ3) is 6.35. The van der Waals surface area contributed by atoms with Crippen LogP contribution in [-0.2, 0) is 13.0 Å². The number of benzene rings is 1. The SMILES string of the molecule is CN=C(NCCCCn1c(C)cccc1=O)NCCc1cccc(F)c1. The van der Waals surface area contributed by atoms with Crippen LogP contribution in [0.3, 0.4) is 0 Å². The summed E-state index contributed by atoms with van der Waals surface area (Å²) in [5.41, 5.74) is 1.99. The van der Waals surface area contributed by atoms with Crippen molar-refractivity contribution in [2.45, 2.75) is 32.7 Å². The minimum absolute atomic E-state index is 0.0489. The summed E-state index contributed by atoms with van der Waals surface area (Å²) in [5, 5.41) is 6.49.